The molecule has 0 N–H and O–H groups in total. The molecule has 1 saturated heterocycles. The van der Waals surface area contributed by atoms with Gasteiger partial charge in [0.25, 0.3) is 5.91 Å². The summed E-state index contributed by atoms with van der Waals surface area (Å²) >= 11 is 1.62. The lowest BCUT2D eigenvalue weighted by molar-refractivity contribution is 0.0747. The quantitative estimate of drug-likeness (QED) is 0.364. The van der Waals surface area contributed by atoms with E-state index in [1.54, 1.807) is 18.4 Å². The first kappa shape index (κ1) is 20.7. The number of nitrogens with zero attached hydrogens (tertiary/aromatic N) is 4. The van der Waals surface area contributed by atoms with Crippen molar-refractivity contribution in [1.29, 1.82) is 0 Å². The van der Waals surface area contributed by atoms with Crippen LogP contribution in [0.15, 0.2) is 79.0 Å². The van der Waals surface area contributed by atoms with Crippen molar-refractivity contribution >= 4 is 38.1 Å². The number of fused-ring (bicyclic) bond motifs is 3. The number of amides is 1. The van der Waals surface area contributed by atoms with Gasteiger partial charge in [-0.3, -0.25) is 9.20 Å². The van der Waals surface area contributed by atoms with Crippen LogP contribution < -0.4 is 9.64 Å². The van der Waals surface area contributed by atoms with E-state index in [0.717, 1.165) is 56.5 Å². The Morgan fingerprint density at radius 1 is 0.941 bits per heavy atom. The zero-order chi connectivity index (χ0) is 23.1. The number of carbonyl (C=O) groups is 1. The Kier molecular flexibility index (Phi) is 5.19. The summed E-state index contributed by atoms with van der Waals surface area (Å²) in [6, 6.07) is 24.3. The standard InChI is InChI=1S/C27H24N4O2S/c1-33-22-10-8-21(9-11-22)29-13-15-30(16-14-29)26(32)20-7-12-24-25(17-20)34-27-28-23(18-31(24)27)19-5-3-2-4-6-19/h2-12,17-18H,13-16H2,1H3. The van der Waals surface area contributed by atoms with Gasteiger partial charge in [-0.1, -0.05) is 41.7 Å². The van der Waals surface area contributed by atoms with Gasteiger partial charge in [-0.05, 0) is 42.5 Å². The minimum atomic E-state index is 0.0901. The number of aromatic nitrogens is 2. The van der Waals surface area contributed by atoms with E-state index >= 15 is 0 Å². The zero-order valence-electron chi connectivity index (χ0n) is 18.8. The van der Waals surface area contributed by atoms with Crippen LogP contribution in [0.5, 0.6) is 5.75 Å². The summed E-state index contributed by atoms with van der Waals surface area (Å²) < 4.78 is 8.44. The molecule has 1 aliphatic rings. The third-order valence-electron chi connectivity index (χ3n) is 6.42. The second-order valence-corrected chi connectivity index (χ2v) is 9.42. The van der Waals surface area contributed by atoms with Crippen LogP contribution in [-0.2, 0) is 0 Å². The first-order chi connectivity index (χ1) is 16.7. The Morgan fingerprint density at radius 2 is 1.71 bits per heavy atom. The Bertz CT molecular complexity index is 1470. The molecule has 1 fully saturated rings. The summed E-state index contributed by atoms with van der Waals surface area (Å²) in [6.45, 7) is 3.04. The van der Waals surface area contributed by atoms with Gasteiger partial charge in [-0.15, -0.1) is 0 Å². The predicted octanol–water partition coefficient (Wildman–Crippen LogP) is 5.19. The fourth-order valence-corrected chi connectivity index (χ4v) is 5.57. The fourth-order valence-electron chi connectivity index (χ4n) is 4.53. The van der Waals surface area contributed by atoms with Crippen molar-refractivity contribution in [2.45, 2.75) is 0 Å². The molecular formula is C27H24N4O2S. The van der Waals surface area contributed by atoms with E-state index in [1.165, 1.54) is 0 Å². The smallest absolute Gasteiger partial charge is 0.254 e. The fraction of sp³-hybridized carbons (Fsp3) is 0.185. The molecule has 0 saturated carbocycles. The Morgan fingerprint density at radius 3 is 2.44 bits per heavy atom. The molecule has 0 atom stereocenters. The maximum absolute atomic E-state index is 13.2. The van der Waals surface area contributed by atoms with Gasteiger partial charge in [0, 0.05) is 49.2 Å². The molecular weight excluding hydrogens is 444 g/mol. The van der Waals surface area contributed by atoms with Crippen LogP contribution in [0.4, 0.5) is 5.69 Å². The molecule has 0 radical (unpaired) electrons. The molecule has 0 spiro atoms. The molecule has 7 heteroatoms. The van der Waals surface area contributed by atoms with Crippen LogP contribution in [0.1, 0.15) is 10.4 Å². The van der Waals surface area contributed by atoms with Crippen molar-refractivity contribution in [3.05, 3.63) is 84.6 Å². The molecule has 2 aromatic heterocycles. The van der Waals surface area contributed by atoms with E-state index in [1.807, 2.05) is 53.4 Å². The van der Waals surface area contributed by atoms with Crippen molar-refractivity contribution in [2.75, 3.05) is 38.2 Å². The lowest BCUT2D eigenvalue weighted by Gasteiger charge is -2.36. The van der Waals surface area contributed by atoms with Gasteiger partial charge < -0.3 is 14.5 Å². The molecule has 0 aliphatic carbocycles. The molecule has 34 heavy (non-hydrogen) atoms. The highest BCUT2D eigenvalue weighted by molar-refractivity contribution is 7.23. The lowest BCUT2D eigenvalue weighted by Crippen LogP contribution is -2.48. The van der Waals surface area contributed by atoms with Crippen molar-refractivity contribution in [3.63, 3.8) is 0 Å². The molecule has 3 aromatic carbocycles. The molecule has 0 unspecified atom stereocenters. The van der Waals surface area contributed by atoms with Crippen LogP contribution in [-0.4, -0.2) is 53.5 Å². The van der Waals surface area contributed by atoms with Gasteiger partial charge in [0.2, 0.25) is 0 Å². The zero-order valence-corrected chi connectivity index (χ0v) is 19.7. The van der Waals surface area contributed by atoms with Crippen LogP contribution >= 0.6 is 11.3 Å². The van der Waals surface area contributed by atoms with E-state index in [4.69, 9.17) is 9.72 Å². The highest BCUT2D eigenvalue weighted by Crippen LogP contribution is 2.30. The average Bonchev–Trinajstić information content (AvgIpc) is 3.47. The van der Waals surface area contributed by atoms with E-state index < -0.39 is 0 Å². The molecule has 1 aliphatic heterocycles. The van der Waals surface area contributed by atoms with Crippen molar-refractivity contribution in [3.8, 4) is 17.0 Å². The van der Waals surface area contributed by atoms with Crippen molar-refractivity contribution in [2.24, 2.45) is 0 Å². The first-order valence-corrected chi connectivity index (χ1v) is 12.2. The summed E-state index contributed by atoms with van der Waals surface area (Å²) in [5.74, 6) is 0.942. The largest absolute Gasteiger partial charge is 0.497 e. The van der Waals surface area contributed by atoms with E-state index in [0.29, 0.717) is 13.1 Å². The molecule has 3 heterocycles. The van der Waals surface area contributed by atoms with Gasteiger partial charge in [0.05, 0.1) is 23.0 Å². The molecule has 0 bridgehead atoms. The van der Waals surface area contributed by atoms with Crippen LogP contribution in [0.25, 0.3) is 26.4 Å². The van der Waals surface area contributed by atoms with E-state index in [9.17, 15) is 4.79 Å². The minimum Gasteiger partial charge on any atom is -0.497 e. The number of anilines is 1. The van der Waals surface area contributed by atoms with Gasteiger partial charge in [0.15, 0.2) is 4.96 Å². The number of imidazole rings is 1. The lowest BCUT2D eigenvalue weighted by atomic mass is 10.1. The first-order valence-electron chi connectivity index (χ1n) is 11.3. The molecule has 6 rings (SSSR count). The Labute approximate surface area is 201 Å². The number of thiazole rings is 1. The topological polar surface area (TPSA) is 50.1 Å². The summed E-state index contributed by atoms with van der Waals surface area (Å²) in [5.41, 5.74) is 5.04. The number of rotatable bonds is 4. The van der Waals surface area contributed by atoms with Gasteiger partial charge in [-0.25, -0.2) is 4.98 Å². The minimum absolute atomic E-state index is 0.0901. The summed E-state index contributed by atoms with van der Waals surface area (Å²) in [5, 5.41) is 0. The number of ether oxygens (including phenoxy) is 1. The number of carbonyl (C=O) groups excluding carboxylic acids is 1. The number of hydrogen-bond acceptors (Lipinski definition) is 5. The van der Waals surface area contributed by atoms with Crippen molar-refractivity contribution < 1.29 is 9.53 Å². The van der Waals surface area contributed by atoms with Crippen LogP contribution in [0.3, 0.4) is 0 Å². The predicted molar refractivity (Wildman–Crippen MR) is 137 cm³/mol. The summed E-state index contributed by atoms with van der Waals surface area (Å²) in [7, 11) is 1.67. The van der Waals surface area contributed by atoms with Gasteiger partial charge in [0.1, 0.15) is 5.75 Å². The maximum atomic E-state index is 13.2. The van der Waals surface area contributed by atoms with E-state index in [-0.39, 0.29) is 5.91 Å². The average molecular weight is 469 g/mol. The normalized spacial score (nSPS) is 14.1. The second kappa shape index (κ2) is 8.50. The van der Waals surface area contributed by atoms with Gasteiger partial charge in [-0.2, -0.15) is 0 Å². The SMILES string of the molecule is COc1ccc(N2CCN(C(=O)c3ccc4c(c3)sc3nc(-c5ccccc5)cn34)CC2)cc1. The Hall–Kier alpha value is -3.84. The van der Waals surface area contributed by atoms with Crippen LogP contribution in [0, 0.1) is 0 Å². The third kappa shape index (κ3) is 3.68. The molecule has 1 amide bonds. The second-order valence-electron chi connectivity index (χ2n) is 8.41. The number of piperazine rings is 1. The molecule has 5 aromatic rings. The third-order valence-corrected chi connectivity index (χ3v) is 7.43. The molecule has 170 valence electrons. The number of hydrogen-bond donors (Lipinski definition) is 0. The van der Waals surface area contributed by atoms with Crippen molar-refractivity contribution in [1.82, 2.24) is 14.3 Å². The monoisotopic (exact) mass is 468 g/mol. The number of benzene rings is 3. The number of methoxy groups -OCH3 is 1. The van der Waals surface area contributed by atoms with E-state index in [2.05, 4.69) is 39.8 Å². The highest BCUT2D eigenvalue weighted by atomic mass is 32.1. The summed E-state index contributed by atoms with van der Waals surface area (Å²) in [6.07, 6.45) is 2.07. The van der Waals surface area contributed by atoms with Gasteiger partial charge >= 0.3 is 0 Å². The maximum Gasteiger partial charge on any atom is 0.254 e. The summed E-state index contributed by atoms with van der Waals surface area (Å²) in [4.78, 5) is 23.2. The van der Waals surface area contributed by atoms with Crippen LogP contribution in [0.2, 0.25) is 0 Å². The highest BCUT2D eigenvalue weighted by Gasteiger charge is 2.23. The Balaban J connectivity index is 1.18. The molecule has 6 nitrogen and oxygen atoms in total.